The number of hydrogen-bond acceptors (Lipinski definition) is 9. The molecule has 3 aromatic heterocycles. The molecule has 12 nitrogen and oxygen atoms in total. The van der Waals surface area contributed by atoms with Crippen LogP contribution in [0.5, 0.6) is 5.75 Å². The molecule has 3 atom stereocenters. The van der Waals surface area contributed by atoms with Gasteiger partial charge in [0.15, 0.2) is 5.75 Å². The van der Waals surface area contributed by atoms with E-state index >= 15 is 0 Å². The summed E-state index contributed by atoms with van der Waals surface area (Å²) in [5.41, 5.74) is 1.92. The molecule has 226 valence electrons. The highest BCUT2D eigenvalue weighted by Crippen LogP contribution is 2.32. The third-order valence-corrected chi connectivity index (χ3v) is 9.76. The number of halogens is 2. The lowest BCUT2D eigenvalue weighted by molar-refractivity contribution is 0.0807. The second kappa shape index (κ2) is 12.5. The molecular weight excluding hydrogens is 556 g/mol. The van der Waals surface area contributed by atoms with Crippen LogP contribution in [0.2, 0.25) is 0 Å². The fourth-order valence-electron chi connectivity index (χ4n) is 5.59. The largest absolute Gasteiger partial charge is 0.485 e. The molecule has 5 rings (SSSR count). The topological polar surface area (TPSA) is 134 Å². The van der Waals surface area contributed by atoms with E-state index in [4.69, 9.17) is 9.72 Å². The first-order chi connectivity index (χ1) is 19.6. The average molecular weight is 596 g/mol. The Kier molecular flexibility index (Phi) is 9.04. The Bertz CT molecular complexity index is 1400. The fourth-order valence-corrected chi connectivity index (χ4v) is 7.26. The van der Waals surface area contributed by atoms with Crippen LogP contribution in [0.3, 0.4) is 0 Å². The smallest absolute Gasteiger partial charge is 0.243 e. The lowest BCUT2D eigenvalue weighted by atomic mass is 9.95. The van der Waals surface area contributed by atoms with Gasteiger partial charge in [-0.3, -0.25) is 5.10 Å². The molecule has 2 aliphatic heterocycles. The van der Waals surface area contributed by atoms with Crippen LogP contribution in [0, 0.1) is 11.8 Å². The van der Waals surface area contributed by atoms with Gasteiger partial charge in [-0.2, -0.15) is 14.6 Å². The summed E-state index contributed by atoms with van der Waals surface area (Å²) in [6.45, 7) is 8.43. The molecule has 41 heavy (non-hydrogen) atoms. The highest BCUT2D eigenvalue weighted by atomic mass is 32.2. The number of H-pyrrole nitrogens is 1. The van der Waals surface area contributed by atoms with Crippen molar-refractivity contribution in [3.63, 3.8) is 0 Å². The fraction of sp³-hybridized carbons (Fsp3) is 0.692. The van der Waals surface area contributed by atoms with Gasteiger partial charge in [-0.05, 0) is 58.5 Å². The molecule has 0 spiro atoms. The maximum absolute atomic E-state index is 13.0. The standard InChI is InChI=1S/C26H39F2N9O3S/c1-17(2)40-23-22(20-12-30-31-13-20)29-16-37-25(23)33-26(34-37)32-21-7-10-36(14-18(21)3)41(38,39)11-5-4-8-35-9-6-19(15-35)24(27)28/h12-13,16-19,21,24H,4-11,14-15H2,1-3H3,(H,30,31)(H,32,34)/t18-,19-,21+/m1/s1. The van der Waals surface area contributed by atoms with Crippen molar-refractivity contribution in [2.24, 2.45) is 11.8 Å². The number of nitrogens with zero attached hydrogens (tertiary/aromatic N) is 7. The molecule has 0 radical (unpaired) electrons. The predicted octanol–water partition coefficient (Wildman–Crippen LogP) is 3.12. The molecule has 2 aliphatic rings. The maximum Gasteiger partial charge on any atom is 0.243 e. The number of alkyl halides is 2. The van der Waals surface area contributed by atoms with Crippen molar-refractivity contribution in [1.29, 1.82) is 0 Å². The molecule has 15 heteroatoms. The summed E-state index contributed by atoms with van der Waals surface area (Å²) in [6.07, 6.45) is 4.94. The molecule has 5 heterocycles. The lowest BCUT2D eigenvalue weighted by Crippen LogP contribution is -2.48. The minimum Gasteiger partial charge on any atom is -0.485 e. The normalized spacial score (nSPS) is 22.8. The number of aromatic amines is 1. The van der Waals surface area contributed by atoms with E-state index in [9.17, 15) is 17.2 Å². The van der Waals surface area contributed by atoms with E-state index in [0.717, 1.165) is 5.56 Å². The van der Waals surface area contributed by atoms with E-state index in [0.29, 0.717) is 81.4 Å². The number of anilines is 1. The minimum absolute atomic E-state index is 0.00687. The quantitative estimate of drug-likeness (QED) is 0.303. The summed E-state index contributed by atoms with van der Waals surface area (Å²) in [5.74, 6) is 0.484. The molecule has 0 amide bonds. The van der Waals surface area contributed by atoms with Gasteiger partial charge in [0.1, 0.15) is 12.0 Å². The summed E-state index contributed by atoms with van der Waals surface area (Å²) in [6, 6.07) is -0.00687. The van der Waals surface area contributed by atoms with Crippen LogP contribution in [-0.2, 0) is 10.0 Å². The van der Waals surface area contributed by atoms with Gasteiger partial charge in [0.25, 0.3) is 0 Å². The number of fused-ring (bicyclic) bond motifs is 1. The van der Waals surface area contributed by atoms with Gasteiger partial charge in [-0.25, -0.2) is 26.5 Å². The van der Waals surface area contributed by atoms with Gasteiger partial charge in [-0.1, -0.05) is 6.92 Å². The van der Waals surface area contributed by atoms with Gasteiger partial charge >= 0.3 is 0 Å². The average Bonchev–Trinajstić information content (AvgIpc) is 3.69. The third-order valence-electron chi connectivity index (χ3n) is 7.84. The first-order valence-electron chi connectivity index (χ1n) is 14.3. The maximum atomic E-state index is 13.0. The Morgan fingerprint density at radius 2 is 2.02 bits per heavy atom. The zero-order valence-electron chi connectivity index (χ0n) is 23.7. The number of hydrogen-bond donors (Lipinski definition) is 2. The highest BCUT2D eigenvalue weighted by Gasteiger charge is 2.33. The number of ether oxygens (including phenoxy) is 1. The molecule has 0 aromatic carbocycles. The van der Waals surface area contributed by atoms with Gasteiger partial charge in [0.05, 0.1) is 18.1 Å². The molecule has 2 saturated heterocycles. The highest BCUT2D eigenvalue weighted by molar-refractivity contribution is 7.89. The van der Waals surface area contributed by atoms with Crippen molar-refractivity contribution in [2.45, 2.75) is 65.0 Å². The number of piperidine rings is 1. The van der Waals surface area contributed by atoms with Crippen LogP contribution in [0.1, 0.15) is 46.5 Å². The molecule has 0 aliphatic carbocycles. The SMILES string of the molecule is CC(C)Oc1c(-c2cn[nH]c2)ncn2nc(N[C@H]3CCN(S(=O)(=O)CCCCN4CC[C@@H](C(F)F)C4)C[C@H]3C)nc12. The summed E-state index contributed by atoms with van der Waals surface area (Å²) in [5, 5.41) is 14.7. The molecule has 0 unspecified atom stereocenters. The number of unbranched alkanes of at least 4 members (excludes halogenated alkanes) is 1. The Labute approximate surface area is 238 Å². The van der Waals surface area contributed by atoms with Crippen molar-refractivity contribution in [3.05, 3.63) is 18.7 Å². The number of nitrogens with one attached hydrogen (secondary N) is 2. The minimum atomic E-state index is -3.40. The van der Waals surface area contributed by atoms with E-state index in [1.165, 1.54) is 0 Å². The van der Waals surface area contributed by atoms with Gasteiger partial charge in [-0.15, -0.1) is 5.10 Å². The zero-order valence-corrected chi connectivity index (χ0v) is 24.5. The van der Waals surface area contributed by atoms with E-state index in [2.05, 4.69) is 25.6 Å². The van der Waals surface area contributed by atoms with Crippen LogP contribution < -0.4 is 10.1 Å². The van der Waals surface area contributed by atoms with Crippen molar-refractivity contribution in [1.82, 2.24) is 39.0 Å². The first kappa shape index (κ1) is 29.6. The molecular formula is C26H39F2N9O3S. The Balaban J connectivity index is 1.16. The van der Waals surface area contributed by atoms with Crippen LogP contribution in [0.25, 0.3) is 16.9 Å². The number of aromatic nitrogens is 6. The van der Waals surface area contributed by atoms with Crippen molar-refractivity contribution >= 4 is 21.6 Å². The van der Waals surface area contributed by atoms with Crippen LogP contribution in [-0.4, -0.2) is 104 Å². The number of sulfonamides is 1. The van der Waals surface area contributed by atoms with Crippen LogP contribution in [0.4, 0.5) is 14.7 Å². The van der Waals surface area contributed by atoms with Gasteiger partial charge in [0, 0.05) is 43.4 Å². The molecule has 0 saturated carbocycles. The van der Waals surface area contributed by atoms with Crippen LogP contribution >= 0.6 is 0 Å². The van der Waals surface area contributed by atoms with E-state index < -0.39 is 22.4 Å². The van der Waals surface area contributed by atoms with E-state index in [-0.39, 0.29) is 23.8 Å². The summed E-state index contributed by atoms with van der Waals surface area (Å²) in [4.78, 5) is 11.2. The first-order valence-corrected chi connectivity index (χ1v) is 15.9. The van der Waals surface area contributed by atoms with Gasteiger partial charge < -0.3 is 15.0 Å². The Hall–Kier alpha value is -2.91. The van der Waals surface area contributed by atoms with Crippen molar-refractivity contribution in [3.8, 4) is 17.0 Å². The predicted molar refractivity (Wildman–Crippen MR) is 150 cm³/mol. The molecule has 2 N–H and O–H groups in total. The molecule has 0 bridgehead atoms. The van der Waals surface area contributed by atoms with Crippen molar-refractivity contribution in [2.75, 3.05) is 43.8 Å². The number of rotatable bonds is 12. The Morgan fingerprint density at radius 3 is 2.71 bits per heavy atom. The number of likely N-dealkylation sites (tertiary alicyclic amines) is 1. The summed E-state index contributed by atoms with van der Waals surface area (Å²) >= 11 is 0. The third kappa shape index (κ3) is 6.95. The lowest BCUT2D eigenvalue weighted by Gasteiger charge is -2.36. The van der Waals surface area contributed by atoms with Crippen LogP contribution in [0.15, 0.2) is 18.7 Å². The monoisotopic (exact) mass is 595 g/mol. The van der Waals surface area contributed by atoms with E-state index in [1.807, 2.05) is 25.7 Å². The zero-order chi connectivity index (χ0) is 29.1. The van der Waals surface area contributed by atoms with Gasteiger partial charge in [0.2, 0.25) is 28.0 Å². The van der Waals surface area contributed by atoms with E-state index in [1.54, 1.807) is 27.5 Å². The summed E-state index contributed by atoms with van der Waals surface area (Å²) in [7, 11) is -3.40. The van der Waals surface area contributed by atoms with Crippen molar-refractivity contribution < 1.29 is 21.9 Å². The molecule has 2 fully saturated rings. The second-order valence-electron chi connectivity index (χ2n) is 11.4. The molecule has 3 aromatic rings. The Morgan fingerprint density at radius 1 is 1.20 bits per heavy atom. The summed E-state index contributed by atoms with van der Waals surface area (Å²) < 4.78 is 61.1. The second-order valence-corrected chi connectivity index (χ2v) is 13.4.